The maximum atomic E-state index is 12.9. The third-order valence-electron chi connectivity index (χ3n) is 4.68. The van der Waals surface area contributed by atoms with Gasteiger partial charge in [0.15, 0.2) is 5.16 Å². The Labute approximate surface area is 177 Å². The Morgan fingerprint density at radius 1 is 1.13 bits per heavy atom. The normalized spacial score (nSPS) is 11.1. The molecular weight excluding hydrogens is 398 g/mol. The summed E-state index contributed by atoms with van der Waals surface area (Å²) in [4.78, 5) is 33.5. The maximum absolute atomic E-state index is 12.9. The Balaban J connectivity index is 1.70. The number of nitrogens with two attached hydrogens (primary N) is 1. The van der Waals surface area contributed by atoms with Gasteiger partial charge in [-0.2, -0.15) is 0 Å². The Hall–Kier alpha value is -3.39. The molecule has 0 spiro atoms. The van der Waals surface area contributed by atoms with Crippen molar-refractivity contribution in [2.45, 2.75) is 31.3 Å². The second-order valence-electron chi connectivity index (χ2n) is 7.12. The quantitative estimate of drug-likeness (QED) is 0.485. The molecule has 2 N–H and O–H groups in total. The topological polar surface area (TPSA) is 95.8 Å². The molecule has 0 saturated carbocycles. The van der Waals surface area contributed by atoms with Crippen LogP contribution in [-0.2, 0) is 17.1 Å². The van der Waals surface area contributed by atoms with Crippen molar-refractivity contribution in [2.24, 2.45) is 5.73 Å². The van der Waals surface area contributed by atoms with Crippen molar-refractivity contribution in [1.82, 2.24) is 19.1 Å². The molecule has 0 unspecified atom stereocenters. The van der Waals surface area contributed by atoms with E-state index >= 15 is 0 Å². The molecular formula is C22H21N5O2S. The molecule has 0 fully saturated rings. The highest BCUT2D eigenvalue weighted by molar-refractivity contribution is 7.98. The summed E-state index contributed by atoms with van der Waals surface area (Å²) in [7, 11) is 0. The number of benzene rings is 2. The summed E-state index contributed by atoms with van der Waals surface area (Å²) in [5.41, 5.74) is 9.06. The molecule has 0 aliphatic carbocycles. The van der Waals surface area contributed by atoms with Crippen molar-refractivity contribution < 1.29 is 4.79 Å². The van der Waals surface area contributed by atoms with Gasteiger partial charge in [0.25, 0.3) is 5.56 Å². The lowest BCUT2D eigenvalue weighted by Gasteiger charge is -2.13. The van der Waals surface area contributed by atoms with Crippen LogP contribution in [0.1, 0.15) is 17.0 Å². The summed E-state index contributed by atoms with van der Waals surface area (Å²) in [5, 5.41) is 1.23. The molecule has 0 aliphatic rings. The van der Waals surface area contributed by atoms with Gasteiger partial charge in [0.1, 0.15) is 12.4 Å². The molecule has 7 nitrogen and oxygen atoms in total. The fourth-order valence-electron chi connectivity index (χ4n) is 3.45. The lowest BCUT2D eigenvalue weighted by Crippen LogP contribution is -2.31. The number of hydrogen-bond donors (Lipinski definition) is 1. The van der Waals surface area contributed by atoms with E-state index in [1.807, 2.05) is 16.8 Å². The minimum atomic E-state index is -0.586. The van der Waals surface area contributed by atoms with E-state index in [9.17, 15) is 9.59 Å². The first kappa shape index (κ1) is 19.9. The standard InChI is InChI=1S/C22H21N5O2S/c1-14-9-15(2)11-16(10-14)26-8-7-24-22(26)30-13-20-25-18-6-4-3-5-17(18)21(29)27(20)12-19(23)28/h3-11H,12-13H2,1-2H3,(H2,23,28). The second kappa shape index (κ2) is 8.16. The highest BCUT2D eigenvalue weighted by Crippen LogP contribution is 2.25. The van der Waals surface area contributed by atoms with Crippen molar-refractivity contribution in [3.8, 4) is 5.69 Å². The number of primary amides is 1. The van der Waals surface area contributed by atoms with E-state index in [-0.39, 0.29) is 12.1 Å². The van der Waals surface area contributed by atoms with Gasteiger partial charge in [-0.05, 0) is 49.2 Å². The average Bonchev–Trinajstić information content (AvgIpc) is 3.16. The summed E-state index contributed by atoms with van der Waals surface area (Å²) < 4.78 is 3.35. The molecule has 0 saturated heterocycles. The smallest absolute Gasteiger partial charge is 0.261 e. The van der Waals surface area contributed by atoms with Crippen LogP contribution < -0.4 is 11.3 Å². The van der Waals surface area contributed by atoms with E-state index < -0.39 is 5.91 Å². The molecule has 4 aromatic rings. The number of thioether (sulfide) groups is 1. The van der Waals surface area contributed by atoms with Crippen molar-refractivity contribution in [3.63, 3.8) is 0 Å². The summed E-state index contributed by atoms with van der Waals surface area (Å²) in [6.45, 7) is 3.90. The van der Waals surface area contributed by atoms with Crippen LogP contribution in [0.25, 0.3) is 16.6 Å². The van der Waals surface area contributed by atoms with Crippen molar-refractivity contribution >= 4 is 28.6 Å². The van der Waals surface area contributed by atoms with E-state index in [1.54, 1.807) is 24.4 Å². The minimum Gasteiger partial charge on any atom is -0.368 e. The zero-order chi connectivity index (χ0) is 21.3. The zero-order valence-electron chi connectivity index (χ0n) is 16.7. The van der Waals surface area contributed by atoms with Crippen LogP contribution in [-0.4, -0.2) is 25.0 Å². The summed E-state index contributed by atoms with van der Waals surface area (Å²) in [5.74, 6) is 0.268. The van der Waals surface area contributed by atoms with Gasteiger partial charge in [-0.25, -0.2) is 9.97 Å². The Bertz CT molecular complexity index is 1290. The number of imidazole rings is 1. The van der Waals surface area contributed by atoms with E-state index in [0.29, 0.717) is 22.5 Å². The number of para-hydroxylation sites is 1. The molecule has 0 radical (unpaired) electrons. The van der Waals surface area contributed by atoms with Gasteiger partial charge in [0.2, 0.25) is 5.91 Å². The fraction of sp³-hybridized carbons (Fsp3) is 0.182. The molecule has 2 aromatic heterocycles. The number of hydrogen-bond acceptors (Lipinski definition) is 5. The minimum absolute atomic E-state index is 0.210. The van der Waals surface area contributed by atoms with Crippen LogP contribution in [0.4, 0.5) is 0 Å². The molecule has 0 bridgehead atoms. The summed E-state index contributed by atoms with van der Waals surface area (Å²) in [6, 6.07) is 13.4. The largest absolute Gasteiger partial charge is 0.368 e. The van der Waals surface area contributed by atoms with E-state index in [4.69, 9.17) is 5.73 Å². The van der Waals surface area contributed by atoms with Crippen LogP contribution in [0.3, 0.4) is 0 Å². The highest BCUT2D eigenvalue weighted by Gasteiger charge is 2.15. The van der Waals surface area contributed by atoms with Crippen LogP contribution in [0.2, 0.25) is 0 Å². The number of fused-ring (bicyclic) bond motifs is 1. The van der Waals surface area contributed by atoms with E-state index in [1.165, 1.54) is 27.5 Å². The first-order valence-corrected chi connectivity index (χ1v) is 10.4. The van der Waals surface area contributed by atoms with Gasteiger partial charge in [-0.3, -0.25) is 18.7 Å². The van der Waals surface area contributed by atoms with E-state index in [2.05, 4.69) is 42.0 Å². The lowest BCUT2D eigenvalue weighted by molar-refractivity contribution is -0.118. The molecule has 1 amide bonds. The van der Waals surface area contributed by atoms with Gasteiger partial charge >= 0.3 is 0 Å². The van der Waals surface area contributed by atoms with Gasteiger partial charge < -0.3 is 5.73 Å². The first-order chi connectivity index (χ1) is 14.4. The second-order valence-corrected chi connectivity index (χ2v) is 8.06. The van der Waals surface area contributed by atoms with Crippen molar-refractivity contribution in [1.29, 1.82) is 0 Å². The fourth-order valence-corrected chi connectivity index (χ4v) is 4.37. The van der Waals surface area contributed by atoms with Crippen LogP contribution in [0, 0.1) is 13.8 Å². The maximum Gasteiger partial charge on any atom is 0.261 e. The van der Waals surface area contributed by atoms with Crippen molar-refractivity contribution in [3.05, 3.63) is 82.2 Å². The summed E-state index contributed by atoms with van der Waals surface area (Å²) in [6.07, 6.45) is 3.64. The molecule has 2 aromatic carbocycles. The number of nitrogens with zero attached hydrogens (tertiary/aromatic N) is 4. The van der Waals surface area contributed by atoms with Gasteiger partial charge in [-0.15, -0.1) is 0 Å². The third kappa shape index (κ3) is 3.99. The van der Waals surface area contributed by atoms with E-state index in [0.717, 1.165) is 10.8 Å². The number of carbonyl (C=O) groups excluding carboxylic acids is 1. The van der Waals surface area contributed by atoms with Gasteiger partial charge in [0, 0.05) is 18.1 Å². The predicted octanol–water partition coefficient (Wildman–Crippen LogP) is 2.98. The molecule has 0 atom stereocenters. The van der Waals surface area contributed by atoms with Gasteiger partial charge in [0.05, 0.1) is 16.7 Å². The monoisotopic (exact) mass is 419 g/mol. The molecule has 2 heterocycles. The third-order valence-corrected chi connectivity index (χ3v) is 5.64. The highest BCUT2D eigenvalue weighted by atomic mass is 32.2. The first-order valence-electron chi connectivity index (χ1n) is 9.44. The van der Waals surface area contributed by atoms with Gasteiger partial charge in [-0.1, -0.05) is 30.0 Å². The number of aromatic nitrogens is 4. The average molecular weight is 420 g/mol. The Kier molecular flexibility index (Phi) is 5.41. The molecule has 152 valence electrons. The van der Waals surface area contributed by atoms with Crippen molar-refractivity contribution in [2.75, 3.05) is 0 Å². The van der Waals surface area contributed by atoms with Crippen LogP contribution in [0.5, 0.6) is 0 Å². The van der Waals surface area contributed by atoms with Crippen LogP contribution in [0.15, 0.2) is 64.8 Å². The zero-order valence-corrected chi connectivity index (χ0v) is 17.5. The molecule has 0 aliphatic heterocycles. The lowest BCUT2D eigenvalue weighted by atomic mass is 10.1. The SMILES string of the molecule is Cc1cc(C)cc(-n2ccnc2SCc2nc3ccccc3c(=O)n2CC(N)=O)c1. The predicted molar refractivity (Wildman–Crippen MR) is 118 cm³/mol. The number of aryl methyl sites for hydroxylation is 2. The number of carbonyl (C=O) groups is 1. The molecule has 8 heteroatoms. The van der Waals surface area contributed by atoms with Crippen LogP contribution >= 0.6 is 11.8 Å². The molecule has 30 heavy (non-hydrogen) atoms. The number of amides is 1. The Morgan fingerprint density at radius 2 is 1.87 bits per heavy atom. The summed E-state index contributed by atoms with van der Waals surface area (Å²) >= 11 is 1.45. The Morgan fingerprint density at radius 3 is 2.60 bits per heavy atom. The molecule has 4 rings (SSSR count). The number of rotatable bonds is 6.